The molecule has 1 nitrogen and oxygen atoms in total. The summed E-state index contributed by atoms with van der Waals surface area (Å²) in [4.78, 5) is 0. The predicted molar refractivity (Wildman–Crippen MR) is 52.1 cm³/mol. The summed E-state index contributed by atoms with van der Waals surface area (Å²) in [6.45, 7) is 4.07. The molecule has 66 valence electrons. The van der Waals surface area contributed by atoms with E-state index in [9.17, 15) is 0 Å². The van der Waals surface area contributed by atoms with Gasteiger partial charge < -0.3 is 4.74 Å². The number of halogens is 1. The normalized spacial score (nSPS) is 10.0. The maximum Gasteiger partial charge on any atom is 0.119 e. The van der Waals surface area contributed by atoms with Crippen LogP contribution in [0.5, 0.6) is 5.75 Å². The molecule has 0 saturated heterocycles. The van der Waals surface area contributed by atoms with Gasteiger partial charge in [0.25, 0.3) is 0 Å². The number of hydrogen-bond donors (Lipinski definition) is 0. The Morgan fingerprint density at radius 3 is 2.58 bits per heavy atom. The Kier molecular flexibility index (Phi) is 2.99. The molecule has 0 radical (unpaired) electrons. The van der Waals surface area contributed by atoms with Crippen LogP contribution < -0.4 is 4.74 Å². The minimum atomic E-state index is 0.860. The molecule has 0 bridgehead atoms. The first-order valence-electron chi connectivity index (χ1n) is 4.02. The minimum absolute atomic E-state index is 0.860. The van der Waals surface area contributed by atoms with Crippen LogP contribution in [0.4, 0.5) is 0 Å². The van der Waals surface area contributed by atoms with Gasteiger partial charge in [0, 0.05) is 5.02 Å². The molecule has 12 heavy (non-hydrogen) atoms. The van der Waals surface area contributed by atoms with Crippen LogP contribution in [-0.4, -0.2) is 7.11 Å². The fourth-order valence-corrected chi connectivity index (χ4v) is 1.42. The lowest BCUT2D eigenvalue weighted by atomic mass is 10.1. The van der Waals surface area contributed by atoms with Gasteiger partial charge in [-0.1, -0.05) is 18.5 Å². The zero-order valence-corrected chi connectivity index (χ0v) is 8.40. The Bertz CT molecular complexity index is 281. The van der Waals surface area contributed by atoms with Crippen LogP contribution in [0.1, 0.15) is 18.1 Å². The van der Waals surface area contributed by atoms with Crippen molar-refractivity contribution in [3.63, 3.8) is 0 Å². The average molecular weight is 185 g/mol. The number of ether oxygens (including phenoxy) is 1. The Balaban J connectivity index is 3.19. The minimum Gasteiger partial charge on any atom is -0.497 e. The van der Waals surface area contributed by atoms with Gasteiger partial charge in [0.1, 0.15) is 5.75 Å². The van der Waals surface area contributed by atoms with Crippen molar-refractivity contribution in [3.05, 3.63) is 28.3 Å². The topological polar surface area (TPSA) is 9.23 Å². The van der Waals surface area contributed by atoms with Crippen molar-refractivity contribution in [1.82, 2.24) is 0 Å². The third kappa shape index (κ3) is 1.72. The van der Waals surface area contributed by atoms with Crippen LogP contribution >= 0.6 is 11.6 Å². The van der Waals surface area contributed by atoms with Crippen molar-refractivity contribution in [1.29, 1.82) is 0 Å². The number of hydrogen-bond acceptors (Lipinski definition) is 1. The fourth-order valence-electron chi connectivity index (χ4n) is 1.18. The molecule has 1 rings (SSSR count). The maximum atomic E-state index is 6.07. The van der Waals surface area contributed by atoms with Gasteiger partial charge in [-0.2, -0.15) is 0 Å². The second kappa shape index (κ2) is 3.81. The van der Waals surface area contributed by atoms with E-state index in [4.69, 9.17) is 16.3 Å². The summed E-state index contributed by atoms with van der Waals surface area (Å²) in [5.41, 5.74) is 2.22. The molecule has 1 aromatic carbocycles. The van der Waals surface area contributed by atoms with Gasteiger partial charge in [-0.25, -0.2) is 0 Å². The summed E-state index contributed by atoms with van der Waals surface area (Å²) in [6, 6.07) is 3.93. The smallest absolute Gasteiger partial charge is 0.119 e. The molecule has 0 aliphatic heterocycles. The molecule has 1 aromatic rings. The second-order valence-corrected chi connectivity index (χ2v) is 3.15. The van der Waals surface area contributed by atoms with Gasteiger partial charge in [-0.05, 0) is 36.6 Å². The summed E-state index contributed by atoms with van der Waals surface area (Å²) >= 11 is 6.07. The molecule has 0 heterocycles. The number of methoxy groups -OCH3 is 1. The highest BCUT2D eigenvalue weighted by Crippen LogP contribution is 2.26. The largest absolute Gasteiger partial charge is 0.497 e. The van der Waals surface area contributed by atoms with E-state index in [1.807, 2.05) is 19.1 Å². The van der Waals surface area contributed by atoms with E-state index in [0.29, 0.717) is 0 Å². The lowest BCUT2D eigenvalue weighted by molar-refractivity contribution is 0.414. The first-order chi connectivity index (χ1) is 5.69. The van der Waals surface area contributed by atoms with Gasteiger partial charge in [-0.15, -0.1) is 0 Å². The van der Waals surface area contributed by atoms with Crippen LogP contribution in [-0.2, 0) is 6.42 Å². The van der Waals surface area contributed by atoms with E-state index < -0.39 is 0 Å². The van der Waals surface area contributed by atoms with Crippen molar-refractivity contribution >= 4 is 11.6 Å². The summed E-state index contributed by atoms with van der Waals surface area (Å²) in [7, 11) is 1.67. The average Bonchev–Trinajstić information content (AvgIpc) is 2.09. The predicted octanol–water partition coefficient (Wildman–Crippen LogP) is 3.22. The number of rotatable bonds is 2. The molecule has 0 fully saturated rings. The van der Waals surface area contributed by atoms with Crippen molar-refractivity contribution in [2.45, 2.75) is 20.3 Å². The Labute approximate surface area is 78.3 Å². The zero-order chi connectivity index (χ0) is 9.14. The second-order valence-electron chi connectivity index (χ2n) is 2.77. The van der Waals surface area contributed by atoms with Crippen molar-refractivity contribution in [3.8, 4) is 5.75 Å². The lowest BCUT2D eigenvalue weighted by Crippen LogP contribution is -1.90. The highest BCUT2D eigenvalue weighted by molar-refractivity contribution is 6.32. The molecular weight excluding hydrogens is 172 g/mol. The molecule has 0 aliphatic carbocycles. The van der Waals surface area contributed by atoms with Gasteiger partial charge in [-0.3, -0.25) is 0 Å². The van der Waals surface area contributed by atoms with Crippen LogP contribution in [0, 0.1) is 6.92 Å². The third-order valence-corrected chi connectivity index (χ3v) is 2.46. The van der Waals surface area contributed by atoms with E-state index in [1.165, 1.54) is 0 Å². The Morgan fingerprint density at radius 1 is 1.42 bits per heavy atom. The molecule has 0 spiro atoms. The summed E-state index contributed by atoms with van der Waals surface area (Å²) in [5.74, 6) is 0.883. The summed E-state index contributed by atoms with van der Waals surface area (Å²) < 4.78 is 5.13. The molecular formula is C10H13ClO. The Hall–Kier alpha value is -0.690. The SMILES string of the molecule is CCc1cc(OC)cc(C)c1Cl. The standard InChI is InChI=1S/C10H13ClO/c1-4-8-6-9(12-3)5-7(2)10(8)11/h5-6H,4H2,1-3H3. The van der Waals surface area contributed by atoms with E-state index in [1.54, 1.807) is 7.11 Å². The van der Waals surface area contributed by atoms with Crippen LogP contribution in [0.3, 0.4) is 0 Å². The quantitative estimate of drug-likeness (QED) is 0.686. The molecule has 0 unspecified atom stereocenters. The van der Waals surface area contributed by atoms with Crippen LogP contribution in [0.15, 0.2) is 12.1 Å². The molecule has 0 aromatic heterocycles. The molecule has 0 atom stereocenters. The van der Waals surface area contributed by atoms with Gasteiger partial charge in [0.2, 0.25) is 0 Å². The van der Waals surface area contributed by atoms with E-state index in [-0.39, 0.29) is 0 Å². The Morgan fingerprint density at radius 2 is 2.08 bits per heavy atom. The van der Waals surface area contributed by atoms with E-state index in [0.717, 1.165) is 28.3 Å². The van der Waals surface area contributed by atoms with Gasteiger partial charge in [0.15, 0.2) is 0 Å². The van der Waals surface area contributed by atoms with E-state index >= 15 is 0 Å². The van der Waals surface area contributed by atoms with E-state index in [2.05, 4.69) is 6.92 Å². The number of benzene rings is 1. The molecule has 0 saturated carbocycles. The van der Waals surface area contributed by atoms with Gasteiger partial charge in [0.05, 0.1) is 7.11 Å². The summed E-state index contributed by atoms with van der Waals surface area (Å²) in [6.07, 6.45) is 0.941. The first kappa shape index (κ1) is 9.40. The van der Waals surface area contributed by atoms with Crippen molar-refractivity contribution in [2.24, 2.45) is 0 Å². The molecule has 0 amide bonds. The number of aryl methyl sites for hydroxylation is 2. The highest BCUT2D eigenvalue weighted by Gasteiger charge is 2.03. The third-order valence-electron chi connectivity index (χ3n) is 1.92. The van der Waals surface area contributed by atoms with Gasteiger partial charge >= 0.3 is 0 Å². The maximum absolute atomic E-state index is 6.07. The zero-order valence-electron chi connectivity index (χ0n) is 7.65. The van der Waals surface area contributed by atoms with Crippen molar-refractivity contribution in [2.75, 3.05) is 7.11 Å². The highest BCUT2D eigenvalue weighted by atomic mass is 35.5. The monoisotopic (exact) mass is 184 g/mol. The molecule has 2 heteroatoms. The molecule has 0 aliphatic rings. The van der Waals surface area contributed by atoms with Crippen LogP contribution in [0.2, 0.25) is 5.02 Å². The first-order valence-corrected chi connectivity index (χ1v) is 4.39. The molecule has 0 N–H and O–H groups in total. The lowest BCUT2D eigenvalue weighted by Gasteiger charge is -2.07. The van der Waals surface area contributed by atoms with Crippen molar-refractivity contribution < 1.29 is 4.74 Å². The fraction of sp³-hybridized carbons (Fsp3) is 0.400. The van der Waals surface area contributed by atoms with Crippen LogP contribution in [0.25, 0.3) is 0 Å². The summed E-state index contributed by atoms with van der Waals surface area (Å²) in [5, 5.41) is 0.860.